The summed E-state index contributed by atoms with van der Waals surface area (Å²) in [6.45, 7) is 2.59. The van der Waals surface area contributed by atoms with E-state index in [1.165, 1.54) is 0 Å². The number of aromatic nitrogens is 2. The maximum absolute atomic E-state index is 12.6. The van der Waals surface area contributed by atoms with Crippen LogP contribution < -0.4 is 19.5 Å². The zero-order valence-corrected chi connectivity index (χ0v) is 16.0. The zero-order chi connectivity index (χ0) is 19.7. The predicted molar refractivity (Wildman–Crippen MR) is 104 cm³/mol. The van der Waals surface area contributed by atoms with Gasteiger partial charge in [-0.05, 0) is 54.4 Å². The van der Waals surface area contributed by atoms with Gasteiger partial charge in [0, 0.05) is 19.2 Å². The number of benzene rings is 2. The second kappa shape index (κ2) is 7.26. The van der Waals surface area contributed by atoms with Crippen LogP contribution in [0.4, 0.5) is 0 Å². The van der Waals surface area contributed by atoms with Crippen LogP contribution >= 0.6 is 0 Å². The number of carbonyl (C=O) groups excluding carboxylic acids is 1. The largest absolute Gasteiger partial charge is 0.496 e. The van der Waals surface area contributed by atoms with Crippen molar-refractivity contribution in [3.05, 3.63) is 59.3 Å². The van der Waals surface area contributed by atoms with E-state index in [2.05, 4.69) is 10.4 Å². The first-order valence-corrected chi connectivity index (χ1v) is 8.91. The maximum atomic E-state index is 12.6. The van der Waals surface area contributed by atoms with E-state index in [1.54, 1.807) is 17.9 Å². The number of hydrogen-bond acceptors (Lipinski definition) is 5. The number of carbonyl (C=O) groups is 1. The summed E-state index contributed by atoms with van der Waals surface area (Å²) in [6.07, 6.45) is 0. The molecule has 7 heteroatoms. The van der Waals surface area contributed by atoms with Gasteiger partial charge in [-0.25, -0.2) is 0 Å². The first-order chi connectivity index (χ1) is 13.5. The summed E-state index contributed by atoms with van der Waals surface area (Å²) in [7, 11) is 3.47. The van der Waals surface area contributed by atoms with Crippen LogP contribution in [-0.2, 0) is 13.6 Å². The molecule has 0 atom stereocenters. The highest BCUT2D eigenvalue weighted by Gasteiger charge is 2.16. The second-order valence-corrected chi connectivity index (χ2v) is 6.59. The molecule has 0 bridgehead atoms. The van der Waals surface area contributed by atoms with Gasteiger partial charge in [0.1, 0.15) is 5.75 Å². The Kier molecular flexibility index (Phi) is 4.65. The van der Waals surface area contributed by atoms with E-state index < -0.39 is 0 Å². The number of aryl methyl sites for hydroxylation is 2. The summed E-state index contributed by atoms with van der Waals surface area (Å²) in [5.74, 6) is 2.01. The summed E-state index contributed by atoms with van der Waals surface area (Å²) in [4.78, 5) is 12.6. The summed E-state index contributed by atoms with van der Waals surface area (Å²) < 4.78 is 17.7. The zero-order valence-electron chi connectivity index (χ0n) is 16.0. The molecular weight excluding hydrogens is 358 g/mol. The van der Waals surface area contributed by atoms with Gasteiger partial charge in [0.05, 0.1) is 12.8 Å². The van der Waals surface area contributed by atoms with Crippen LogP contribution in [0.2, 0.25) is 0 Å². The molecule has 7 nitrogen and oxygen atoms in total. The van der Waals surface area contributed by atoms with Crippen molar-refractivity contribution in [2.75, 3.05) is 13.9 Å². The van der Waals surface area contributed by atoms with Gasteiger partial charge in [-0.15, -0.1) is 0 Å². The molecule has 3 aromatic rings. The van der Waals surface area contributed by atoms with E-state index in [1.807, 2.05) is 50.4 Å². The Labute approximate surface area is 162 Å². The fraction of sp³-hybridized carbons (Fsp3) is 0.238. The van der Waals surface area contributed by atoms with Crippen molar-refractivity contribution in [3.8, 4) is 28.5 Å². The van der Waals surface area contributed by atoms with Crippen molar-refractivity contribution < 1.29 is 19.0 Å². The highest BCUT2D eigenvalue weighted by atomic mass is 16.7. The van der Waals surface area contributed by atoms with Crippen molar-refractivity contribution in [1.29, 1.82) is 0 Å². The number of ether oxygens (including phenoxy) is 3. The average Bonchev–Trinajstić information content (AvgIpc) is 3.32. The van der Waals surface area contributed by atoms with Crippen LogP contribution in [0.15, 0.2) is 42.5 Å². The number of amides is 1. The summed E-state index contributed by atoms with van der Waals surface area (Å²) in [6, 6.07) is 13.3. The lowest BCUT2D eigenvalue weighted by molar-refractivity contribution is 0.0945. The topological polar surface area (TPSA) is 74.6 Å². The van der Waals surface area contributed by atoms with E-state index in [0.29, 0.717) is 18.0 Å². The van der Waals surface area contributed by atoms with Gasteiger partial charge in [0.15, 0.2) is 17.2 Å². The highest BCUT2D eigenvalue weighted by molar-refractivity contribution is 5.93. The standard InChI is InChI=1S/C21H21N3O4/c1-13-8-15(5-7-18(13)26-3)17-10-16(23-24(17)2)21(25)22-11-14-4-6-19-20(9-14)28-12-27-19/h4-10H,11-12H2,1-3H3,(H,22,25). The molecule has 0 unspecified atom stereocenters. The molecule has 0 saturated carbocycles. The van der Waals surface area contributed by atoms with E-state index in [4.69, 9.17) is 14.2 Å². The van der Waals surface area contributed by atoms with Gasteiger partial charge in [-0.1, -0.05) is 6.07 Å². The average molecular weight is 379 g/mol. The summed E-state index contributed by atoms with van der Waals surface area (Å²) in [5.41, 5.74) is 4.16. The number of fused-ring (bicyclic) bond motifs is 1. The Morgan fingerprint density at radius 2 is 2.00 bits per heavy atom. The molecule has 4 rings (SSSR count). The van der Waals surface area contributed by atoms with Crippen LogP contribution in [0.5, 0.6) is 17.2 Å². The third-order valence-electron chi connectivity index (χ3n) is 4.69. The smallest absolute Gasteiger partial charge is 0.272 e. The normalized spacial score (nSPS) is 12.1. The minimum absolute atomic E-state index is 0.229. The molecular formula is C21H21N3O4. The van der Waals surface area contributed by atoms with Crippen LogP contribution in [-0.4, -0.2) is 29.6 Å². The molecule has 0 radical (unpaired) electrons. The van der Waals surface area contributed by atoms with E-state index in [9.17, 15) is 4.79 Å². The van der Waals surface area contributed by atoms with Gasteiger partial charge < -0.3 is 19.5 Å². The number of hydrogen-bond donors (Lipinski definition) is 1. The lowest BCUT2D eigenvalue weighted by Gasteiger charge is -2.07. The SMILES string of the molecule is COc1ccc(-c2cc(C(=O)NCc3ccc4c(c3)OCO4)nn2C)cc1C. The second-order valence-electron chi connectivity index (χ2n) is 6.59. The fourth-order valence-electron chi connectivity index (χ4n) is 3.21. The molecule has 1 N–H and O–H groups in total. The molecule has 0 fully saturated rings. The fourth-order valence-corrected chi connectivity index (χ4v) is 3.21. The van der Waals surface area contributed by atoms with Crippen molar-refractivity contribution in [1.82, 2.24) is 15.1 Å². The molecule has 1 amide bonds. The van der Waals surface area contributed by atoms with Crippen LogP contribution in [0.1, 0.15) is 21.6 Å². The highest BCUT2D eigenvalue weighted by Crippen LogP contribution is 2.32. The van der Waals surface area contributed by atoms with Crippen molar-refractivity contribution >= 4 is 5.91 Å². The van der Waals surface area contributed by atoms with Gasteiger partial charge in [0.25, 0.3) is 5.91 Å². The lowest BCUT2D eigenvalue weighted by Crippen LogP contribution is -2.23. The molecule has 1 aromatic heterocycles. The van der Waals surface area contributed by atoms with Crippen molar-refractivity contribution in [3.63, 3.8) is 0 Å². The third-order valence-corrected chi connectivity index (χ3v) is 4.69. The molecule has 0 aliphatic carbocycles. The van der Waals surface area contributed by atoms with Crippen molar-refractivity contribution in [2.24, 2.45) is 7.05 Å². The van der Waals surface area contributed by atoms with Crippen LogP contribution in [0.3, 0.4) is 0 Å². The Morgan fingerprint density at radius 3 is 2.79 bits per heavy atom. The minimum atomic E-state index is -0.232. The molecule has 1 aliphatic heterocycles. The molecule has 2 aromatic carbocycles. The molecule has 2 heterocycles. The number of nitrogens with one attached hydrogen (secondary N) is 1. The van der Waals surface area contributed by atoms with E-state index in [-0.39, 0.29) is 12.7 Å². The van der Waals surface area contributed by atoms with Crippen LogP contribution in [0, 0.1) is 6.92 Å². The quantitative estimate of drug-likeness (QED) is 0.737. The molecule has 1 aliphatic rings. The van der Waals surface area contributed by atoms with Crippen molar-refractivity contribution in [2.45, 2.75) is 13.5 Å². The third kappa shape index (κ3) is 3.38. The molecule has 144 valence electrons. The number of rotatable bonds is 5. The van der Waals surface area contributed by atoms with Gasteiger partial charge >= 0.3 is 0 Å². The van der Waals surface area contributed by atoms with E-state index in [0.717, 1.165) is 33.9 Å². The number of methoxy groups -OCH3 is 1. The lowest BCUT2D eigenvalue weighted by atomic mass is 10.1. The Hall–Kier alpha value is -3.48. The predicted octanol–water partition coefficient (Wildman–Crippen LogP) is 3.06. The summed E-state index contributed by atoms with van der Waals surface area (Å²) >= 11 is 0. The Morgan fingerprint density at radius 1 is 1.18 bits per heavy atom. The Bertz CT molecular complexity index is 1040. The van der Waals surface area contributed by atoms with Gasteiger partial charge in [-0.2, -0.15) is 5.10 Å². The summed E-state index contributed by atoms with van der Waals surface area (Å²) in [5, 5.41) is 7.25. The first-order valence-electron chi connectivity index (χ1n) is 8.91. The maximum Gasteiger partial charge on any atom is 0.272 e. The molecule has 0 spiro atoms. The van der Waals surface area contributed by atoms with E-state index >= 15 is 0 Å². The number of nitrogens with zero attached hydrogens (tertiary/aromatic N) is 2. The molecule has 0 saturated heterocycles. The minimum Gasteiger partial charge on any atom is -0.496 e. The monoisotopic (exact) mass is 379 g/mol. The van der Waals surface area contributed by atoms with Gasteiger partial charge in [-0.3, -0.25) is 9.48 Å². The van der Waals surface area contributed by atoms with Crippen LogP contribution in [0.25, 0.3) is 11.3 Å². The molecule has 28 heavy (non-hydrogen) atoms. The first kappa shape index (κ1) is 17.9. The Balaban J connectivity index is 1.48. The van der Waals surface area contributed by atoms with Gasteiger partial charge in [0.2, 0.25) is 6.79 Å².